The summed E-state index contributed by atoms with van der Waals surface area (Å²) in [6, 6.07) is 8.70. The number of carbonyl (C=O) groups excluding carboxylic acids is 3. The Hall–Kier alpha value is -3.07. The molecule has 0 radical (unpaired) electrons. The third-order valence-corrected chi connectivity index (χ3v) is 6.02. The van der Waals surface area contributed by atoms with Crippen molar-refractivity contribution in [2.24, 2.45) is 0 Å². The van der Waals surface area contributed by atoms with Gasteiger partial charge in [0, 0.05) is 44.7 Å². The third kappa shape index (κ3) is 5.75. The van der Waals surface area contributed by atoms with Crippen LogP contribution in [-0.2, 0) is 4.79 Å². The molecule has 166 valence electrons. The Morgan fingerprint density at radius 3 is 2.35 bits per heavy atom. The van der Waals surface area contributed by atoms with Gasteiger partial charge in [-0.1, -0.05) is 6.07 Å². The number of nitrogens with zero attached hydrogens (tertiary/aromatic N) is 2. The van der Waals surface area contributed by atoms with Crippen molar-refractivity contribution in [1.29, 1.82) is 0 Å². The molecule has 1 aliphatic heterocycles. The average Bonchev–Trinajstić information content (AvgIpc) is 3.36. The highest BCUT2D eigenvalue weighted by molar-refractivity contribution is 7.12. The Kier molecular flexibility index (Phi) is 7.88. The first-order chi connectivity index (χ1) is 15.0. The summed E-state index contributed by atoms with van der Waals surface area (Å²) in [6.45, 7) is 2.42. The molecule has 1 aromatic heterocycles. The Labute approximate surface area is 185 Å². The van der Waals surface area contributed by atoms with Gasteiger partial charge < -0.3 is 24.6 Å². The zero-order valence-electron chi connectivity index (χ0n) is 17.8. The lowest BCUT2D eigenvalue weighted by Crippen LogP contribution is -2.50. The number of methoxy groups -OCH3 is 2. The highest BCUT2D eigenvalue weighted by Crippen LogP contribution is 2.28. The van der Waals surface area contributed by atoms with Crippen LogP contribution in [0.5, 0.6) is 11.5 Å². The molecule has 1 aliphatic rings. The van der Waals surface area contributed by atoms with E-state index < -0.39 is 0 Å². The molecular weight excluding hydrogens is 418 g/mol. The van der Waals surface area contributed by atoms with Crippen molar-refractivity contribution < 1.29 is 23.9 Å². The fourth-order valence-electron chi connectivity index (χ4n) is 3.41. The molecule has 31 heavy (non-hydrogen) atoms. The van der Waals surface area contributed by atoms with E-state index in [1.807, 2.05) is 11.4 Å². The van der Waals surface area contributed by atoms with Crippen LogP contribution in [-0.4, -0.2) is 74.5 Å². The summed E-state index contributed by atoms with van der Waals surface area (Å²) in [5, 5.41) is 4.68. The summed E-state index contributed by atoms with van der Waals surface area (Å²) >= 11 is 1.39. The molecule has 1 saturated heterocycles. The van der Waals surface area contributed by atoms with E-state index in [4.69, 9.17) is 9.47 Å². The molecule has 1 fully saturated rings. The zero-order chi connectivity index (χ0) is 22.2. The van der Waals surface area contributed by atoms with E-state index in [1.54, 1.807) is 41.2 Å². The molecule has 0 aliphatic carbocycles. The summed E-state index contributed by atoms with van der Waals surface area (Å²) < 4.78 is 10.5. The van der Waals surface area contributed by atoms with Crippen LogP contribution < -0.4 is 14.8 Å². The lowest BCUT2D eigenvalue weighted by Gasteiger charge is -2.35. The van der Waals surface area contributed by atoms with Crippen LogP contribution in [0, 0.1) is 0 Å². The van der Waals surface area contributed by atoms with Crippen LogP contribution in [0.25, 0.3) is 0 Å². The fourth-order valence-corrected chi connectivity index (χ4v) is 4.05. The number of piperazine rings is 1. The molecule has 2 heterocycles. The van der Waals surface area contributed by atoms with Gasteiger partial charge in [0.2, 0.25) is 5.91 Å². The Bertz CT molecular complexity index is 908. The van der Waals surface area contributed by atoms with E-state index in [0.717, 1.165) is 0 Å². The number of benzene rings is 1. The standard InChI is InChI=1S/C22H27N3O5S/c1-29-17-8-7-16(15-18(17)30-2)22(28)25-12-10-24(11-13-25)20(26)6-3-9-23-21(27)19-5-4-14-31-19/h4-5,7-8,14-15H,3,6,9-13H2,1-2H3,(H,23,27). The molecule has 0 bridgehead atoms. The number of rotatable bonds is 8. The first-order valence-electron chi connectivity index (χ1n) is 10.1. The van der Waals surface area contributed by atoms with Gasteiger partial charge >= 0.3 is 0 Å². The first kappa shape index (κ1) is 22.6. The normalized spacial score (nSPS) is 13.6. The minimum absolute atomic E-state index is 0.0450. The average molecular weight is 446 g/mol. The monoisotopic (exact) mass is 445 g/mol. The molecule has 0 spiro atoms. The van der Waals surface area contributed by atoms with E-state index in [0.29, 0.717) is 67.5 Å². The minimum atomic E-state index is -0.107. The molecule has 0 atom stereocenters. The Morgan fingerprint density at radius 2 is 1.71 bits per heavy atom. The summed E-state index contributed by atoms with van der Waals surface area (Å²) in [6.07, 6.45) is 0.953. The van der Waals surface area contributed by atoms with E-state index >= 15 is 0 Å². The molecule has 2 aromatic rings. The topological polar surface area (TPSA) is 88.2 Å². The van der Waals surface area contributed by atoms with Crippen molar-refractivity contribution in [3.63, 3.8) is 0 Å². The van der Waals surface area contributed by atoms with Gasteiger partial charge in [0.1, 0.15) is 0 Å². The highest BCUT2D eigenvalue weighted by Gasteiger charge is 2.25. The van der Waals surface area contributed by atoms with E-state index in [9.17, 15) is 14.4 Å². The zero-order valence-corrected chi connectivity index (χ0v) is 18.6. The first-order valence-corrected chi connectivity index (χ1v) is 11.0. The van der Waals surface area contributed by atoms with Gasteiger partial charge in [0.15, 0.2) is 11.5 Å². The molecule has 3 rings (SSSR count). The molecular formula is C22H27N3O5S. The van der Waals surface area contributed by atoms with Gasteiger partial charge in [-0.3, -0.25) is 14.4 Å². The number of hydrogen-bond acceptors (Lipinski definition) is 6. The van der Waals surface area contributed by atoms with Crippen molar-refractivity contribution >= 4 is 29.1 Å². The van der Waals surface area contributed by atoms with Crippen LogP contribution >= 0.6 is 11.3 Å². The second-order valence-electron chi connectivity index (χ2n) is 7.08. The molecule has 0 saturated carbocycles. The molecule has 0 unspecified atom stereocenters. The van der Waals surface area contributed by atoms with Crippen molar-refractivity contribution in [3.8, 4) is 11.5 Å². The maximum absolute atomic E-state index is 12.8. The number of amides is 3. The maximum Gasteiger partial charge on any atom is 0.261 e. The van der Waals surface area contributed by atoms with Gasteiger partial charge in [-0.25, -0.2) is 0 Å². The number of nitrogens with one attached hydrogen (secondary N) is 1. The van der Waals surface area contributed by atoms with E-state index in [-0.39, 0.29) is 17.7 Å². The summed E-state index contributed by atoms with van der Waals surface area (Å²) in [4.78, 5) is 41.3. The number of ether oxygens (including phenoxy) is 2. The molecule has 1 N–H and O–H groups in total. The number of carbonyl (C=O) groups is 3. The summed E-state index contributed by atoms with van der Waals surface area (Å²) in [7, 11) is 3.08. The molecule has 8 nitrogen and oxygen atoms in total. The van der Waals surface area contributed by atoms with Gasteiger partial charge in [0.05, 0.1) is 19.1 Å². The third-order valence-electron chi connectivity index (χ3n) is 5.15. The second kappa shape index (κ2) is 10.8. The van der Waals surface area contributed by atoms with Crippen molar-refractivity contribution in [1.82, 2.24) is 15.1 Å². The van der Waals surface area contributed by atoms with Crippen molar-refractivity contribution in [3.05, 3.63) is 46.2 Å². The lowest BCUT2D eigenvalue weighted by molar-refractivity contribution is -0.132. The Morgan fingerprint density at radius 1 is 1.00 bits per heavy atom. The Balaban J connectivity index is 1.42. The predicted molar refractivity (Wildman–Crippen MR) is 118 cm³/mol. The quantitative estimate of drug-likeness (QED) is 0.630. The summed E-state index contributed by atoms with van der Waals surface area (Å²) in [5.74, 6) is 0.923. The smallest absolute Gasteiger partial charge is 0.261 e. The van der Waals surface area contributed by atoms with Gasteiger partial charge in [-0.2, -0.15) is 0 Å². The van der Waals surface area contributed by atoms with Gasteiger partial charge in [-0.15, -0.1) is 11.3 Å². The van der Waals surface area contributed by atoms with E-state index in [2.05, 4.69) is 5.32 Å². The van der Waals surface area contributed by atoms with Crippen LogP contribution in [0.1, 0.15) is 32.9 Å². The molecule has 1 aromatic carbocycles. The van der Waals surface area contributed by atoms with Gasteiger partial charge in [-0.05, 0) is 36.1 Å². The van der Waals surface area contributed by atoms with Crippen molar-refractivity contribution in [2.45, 2.75) is 12.8 Å². The van der Waals surface area contributed by atoms with Crippen LogP contribution in [0.2, 0.25) is 0 Å². The second-order valence-corrected chi connectivity index (χ2v) is 8.03. The maximum atomic E-state index is 12.8. The predicted octanol–water partition coefficient (Wildman–Crippen LogP) is 2.26. The minimum Gasteiger partial charge on any atom is -0.493 e. The van der Waals surface area contributed by atoms with Crippen molar-refractivity contribution in [2.75, 3.05) is 46.9 Å². The van der Waals surface area contributed by atoms with Crippen LogP contribution in [0.3, 0.4) is 0 Å². The van der Waals surface area contributed by atoms with Crippen LogP contribution in [0.15, 0.2) is 35.7 Å². The molecule has 3 amide bonds. The SMILES string of the molecule is COc1ccc(C(=O)N2CCN(C(=O)CCCNC(=O)c3cccs3)CC2)cc1OC. The van der Waals surface area contributed by atoms with E-state index in [1.165, 1.54) is 18.4 Å². The van der Waals surface area contributed by atoms with Gasteiger partial charge in [0.25, 0.3) is 11.8 Å². The largest absolute Gasteiger partial charge is 0.493 e. The summed E-state index contributed by atoms with van der Waals surface area (Å²) in [5.41, 5.74) is 0.527. The number of hydrogen-bond donors (Lipinski definition) is 1. The fraction of sp³-hybridized carbons (Fsp3) is 0.409. The lowest BCUT2D eigenvalue weighted by atomic mass is 10.1. The molecule has 9 heteroatoms. The number of thiophene rings is 1. The van der Waals surface area contributed by atoms with Crippen LogP contribution in [0.4, 0.5) is 0 Å². The highest BCUT2D eigenvalue weighted by atomic mass is 32.1.